The summed E-state index contributed by atoms with van der Waals surface area (Å²) in [5.41, 5.74) is 1.92. The van der Waals surface area contributed by atoms with Crippen molar-refractivity contribution in [2.24, 2.45) is 10.2 Å². The number of nitrogens with zero attached hydrogens (tertiary/aromatic N) is 3. The number of aromatic nitrogens is 2. The zero-order chi connectivity index (χ0) is 19.3. The zero-order valence-electron chi connectivity index (χ0n) is 15.2. The molecular formula is C22H18N4O2. The Hall–Kier alpha value is -3.93. The molecule has 0 radical (unpaired) electrons. The quantitative estimate of drug-likeness (QED) is 0.459. The van der Waals surface area contributed by atoms with Crippen molar-refractivity contribution in [2.45, 2.75) is 6.92 Å². The summed E-state index contributed by atoms with van der Waals surface area (Å²) in [6, 6.07) is 26.1. The number of azo groups is 1. The van der Waals surface area contributed by atoms with Crippen LogP contribution in [0.1, 0.15) is 5.69 Å². The summed E-state index contributed by atoms with van der Waals surface area (Å²) < 4.78 is 7.34. The van der Waals surface area contributed by atoms with Crippen LogP contribution in [0.4, 0.5) is 11.4 Å². The van der Waals surface area contributed by atoms with Crippen LogP contribution in [0.5, 0.6) is 11.5 Å². The number of aryl methyl sites for hydroxylation is 1. The van der Waals surface area contributed by atoms with E-state index in [9.17, 15) is 4.79 Å². The third kappa shape index (κ3) is 3.61. The van der Waals surface area contributed by atoms with Crippen molar-refractivity contribution in [3.05, 3.63) is 101 Å². The van der Waals surface area contributed by atoms with Crippen LogP contribution in [0.25, 0.3) is 5.69 Å². The van der Waals surface area contributed by atoms with Crippen LogP contribution in [-0.4, -0.2) is 9.78 Å². The molecule has 0 fully saturated rings. The molecule has 0 atom stereocenters. The molecule has 28 heavy (non-hydrogen) atoms. The predicted molar refractivity (Wildman–Crippen MR) is 108 cm³/mol. The number of para-hydroxylation sites is 3. The number of rotatable bonds is 5. The van der Waals surface area contributed by atoms with Crippen LogP contribution in [0.2, 0.25) is 0 Å². The van der Waals surface area contributed by atoms with Crippen LogP contribution in [-0.2, 0) is 0 Å². The van der Waals surface area contributed by atoms with Crippen LogP contribution >= 0.6 is 0 Å². The first-order valence-electron chi connectivity index (χ1n) is 8.83. The van der Waals surface area contributed by atoms with Gasteiger partial charge in [-0.3, -0.25) is 9.89 Å². The van der Waals surface area contributed by atoms with E-state index in [0.717, 1.165) is 5.69 Å². The Labute approximate surface area is 161 Å². The summed E-state index contributed by atoms with van der Waals surface area (Å²) >= 11 is 0. The fraction of sp³-hybridized carbons (Fsp3) is 0.0455. The smallest absolute Gasteiger partial charge is 0.299 e. The molecule has 0 unspecified atom stereocenters. The summed E-state index contributed by atoms with van der Waals surface area (Å²) in [5.74, 6) is 1.27. The first-order chi connectivity index (χ1) is 13.7. The monoisotopic (exact) mass is 370 g/mol. The average molecular weight is 370 g/mol. The van der Waals surface area contributed by atoms with Crippen molar-refractivity contribution in [1.82, 2.24) is 9.78 Å². The van der Waals surface area contributed by atoms with Gasteiger partial charge in [-0.05, 0) is 43.3 Å². The summed E-state index contributed by atoms with van der Waals surface area (Å²) in [6.07, 6.45) is 0. The van der Waals surface area contributed by atoms with Gasteiger partial charge >= 0.3 is 0 Å². The van der Waals surface area contributed by atoms with Crippen molar-refractivity contribution >= 4 is 11.4 Å². The van der Waals surface area contributed by atoms with Gasteiger partial charge in [0.2, 0.25) is 0 Å². The molecule has 6 heteroatoms. The zero-order valence-corrected chi connectivity index (χ0v) is 15.2. The Morgan fingerprint density at radius 3 is 2.21 bits per heavy atom. The lowest BCUT2D eigenvalue weighted by Gasteiger charge is -2.07. The second-order valence-electron chi connectivity index (χ2n) is 6.14. The molecular weight excluding hydrogens is 352 g/mol. The minimum Gasteiger partial charge on any atom is -0.455 e. The lowest BCUT2D eigenvalue weighted by atomic mass is 10.3. The van der Waals surface area contributed by atoms with E-state index >= 15 is 0 Å². The number of ether oxygens (including phenoxy) is 1. The molecule has 0 saturated carbocycles. The van der Waals surface area contributed by atoms with Crippen molar-refractivity contribution in [1.29, 1.82) is 0 Å². The minimum absolute atomic E-state index is 0.256. The van der Waals surface area contributed by atoms with Crippen molar-refractivity contribution in [3.63, 3.8) is 0 Å². The van der Waals surface area contributed by atoms with Crippen molar-refractivity contribution < 1.29 is 4.74 Å². The van der Waals surface area contributed by atoms with Gasteiger partial charge in [0.1, 0.15) is 11.4 Å². The van der Waals surface area contributed by atoms with E-state index in [1.165, 1.54) is 4.68 Å². The Kier molecular flexibility index (Phi) is 4.84. The summed E-state index contributed by atoms with van der Waals surface area (Å²) in [7, 11) is 0. The van der Waals surface area contributed by atoms with Crippen molar-refractivity contribution in [3.8, 4) is 17.2 Å². The normalized spacial score (nSPS) is 11.0. The van der Waals surface area contributed by atoms with Gasteiger partial charge < -0.3 is 4.74 Å². The minimum atomic E-state index is -0.256. The lowest BCUT2D eigenvalue weighted by molar-refractivity contribution is 0.483. The molecule has 4 rings (SSSR count). The molecule has 4 aromatic rings. The highest BCUT2D eigenvalue weighted by molar-refractivity contribution is 5.53. The molecule has 3 aromatic carbocycles. The fourth-order valence-corrected chi connectivity index (χ4v) is 2.76. The number of benzene rings is 3. The van der Waals surface area contributed by atoms with Gasteiger partial charge in [-0.15, -0.1) is 10.2 Å². The Morgan fingerprint density at radius 1 is 0.821 bits per heavy atom. The number of hydrogen-bond acceptors (Lipinski definition) is 4. The van der Waals surface area contributed by atoms with Gasteiger partial charge in [-0.25, -0.2) is 4.68 Å². The molecule has 0 aliphatic rings. The van der Waals surface area contributed by atoms with E-state index in [1.54, 1.807) is 13.0 Å². The van der Waals surface area contributed by atoms with Gasteiger partial charge in [-0.1, -0.05) is 48.5 Å². The van der Waals surface area contributed by atoms with E-state index in [0.29, 0.717) is 22.9 Å². The van der Waals surface area contributed by atoms with E-state index in [2.05, 4.69) is 15.3 Å². The number of nitrogens with one attached hydrogen (secondary N) is 1. The molecule has 1 N–H and O–H groups in total. The topological polar surface area (TPSA) is 71.7 Å². The maximum absolute atomic E-state index is 12.7. The largest absolute Gasteiger partial charge is 0.455 e. The molecule has 0 spiro atoms. The van der Waals surface area contributed by atoms with E-state index < -0.39 is 0 Å². The van der Waals surface area contributed by atoms with Gasteiger partial charge in [0.25, 0.3) is 5.56 Å². The maximum Gasteiger partial charge on any atom is 0.299 e. The van der Waals surface area contributed by atoms with Crippen LogP contribution in [0, 0.1) is 6.92 Å². The van der Waals surface area contributed by atoms with E-state index in [1.807, 2.05) is 78.9 Å². The Balaban J connectivity index is 1.66. The molecule has 6 nitrogen and oxygen atoms in total. The molecule has 0 amide bonds. The lowest BCUT2D eigenvalue weighted by Crippen LogP contribution is -2.13. The maximum atomic E-state index is 12.7. The number of aromatic amines is 1. The summed E-state index contributed by atoms with van der Waals surface area (Å²) in [5, 5.41) is 11.5. The second-order valence-corrected chi connectivity index (χ2v) is 6.14. The van der Waals surface area contributed by atoms with Gasteiger partial charge in [-0.2, -0.15) is 0 Å². The fourth-order valence-electron chi connectivity index (χ4n) is 2.76. The Bertz CT molecular complexity index is 1160. The van der Waals surface area contributed by atoms with E-state index in [-0.39, 0.29) is 11.2 Å². The third-order valence-corrected chi connectivity index (χ3v) is 4.15. The third-order valence-electron chi connectivity index (χ3n) is 4.15. The number of hydrogen-bond donors (Lipinski definition) is 1. The highest BCUT2D eigenvalue weighted by atomic mass is 16.5. The van der Waals surface area contributed by atoms with Gasteiger partial charge in [0.15, 0.2) is 11.4 Å². The molecule has 1 aromatic heterocycles. The van der Waals surface area contributed by atoms with Gasteiger partial charge in [0.05, 0.1) is 11.4 Å². The predicted octanol–water partition coefficient (Wildman–Crippen LogP) is 5.68. The first-order valence-corrected chi connectivity index (χ1v) is 8.83. The first kappa shape index (κ1) is 17.5. The molecule has 138 valence electrons. The molecule has 0 bridgehead atoms. The SMILES string of the molecule is Cc1[nH]n(-c2ccccc2)c(=O)c1N=Nc1ccccc1Oc1ccccc1. The molecule has 0 aliphatic heterocycles. The van der Waals surface area contributed by atoms with Crippen LogP contribution in [0.15, 0.2) is 100.0 Å². The molecule has 0 saturated heterocycles. The van der Waals surface area contributed by atoms with Gasteiger partial charge in [0, 0.05) is 0 Å². The highest BCUT2D eigenvalue weighted by Gasteiger charge is 2.12. The second kappa shape index (κ2) is 7.75. The van der Waals surface area contributed by atoms with Crippen molar-refractivity contribution in [2.75, 3.05) is 0 Å². The van der Waals surface area contributed by atoms with Crippen LogP contribution in [0.3, 0.4) is 0 Å². The standard InChI is InChI=1S/C22H18N4O2/c1-16-21(22(27)26(25-16)17-10-4-2-5-11-17)24-23-19-14-8-9-15-20(19)28-18-12-6-3-7-13-18/h2-15,25H,1H3. The molecule has 0 aliphatic carbocycles. The molecule has 1 heterocycles. The van der Waals surface area contributed by atoms with E-state index in [4.69, 9.17) is 4.74 Å². The summed E-state index contributed by atoms with van der Waals surface area (Å²) in [4.78, 5) is 12.7. The Morgan fingerprint density at radius 2 is 1.46 bits per heavy atom. The summed E-state index contributed by atoms with van der Waals surface area (Å²) in [6.45, 7) is 1.79. The van der Waals surface area contributed by atoms with Crippen LogP contribution < -0.4 is 10.3 Å². The number of H-pyrrole nitrogens is 1. The average Bonchev–Trinajstić information content (AvgIpc) is 3.02. The highest BCUT2D eigenvalue weighted by Crippen LogP contribution is 2.32.